The average Bonchev–Trinajstić information content (AvgIpc) is 2.40. The van der Waals surface area contributed by atoms with Gasteiger partial charge in [-0.2, -0.15) is 0 Å². The summed E-state index contributed by atoms with van der Waals surface area (Å²) >= 11 is 19.1. The van der Waals surface area contributed by atoms with Crippen LogP contribution in [0.5, 0.6) is 0 Å². The molecule has 19 heavy (non-hydrogen) atoms. The van der Waals surface area contributed by atoms with Crippen LogP contribution in [0.4, 0.5) is 0 Å². The lowest BCUT2D eigenvalue weighted by atomic mass is 10.1. The molecule has 0 fully saturated rings. The van der Waals surface area contributed by atoms with E-state index in [1.54, 1.807) is 42.5 Å². The summed E-state index contributed by atoms with van der Waals surface area (Å²) in [6.07, 6.45) is 0. The molecule has 0 N–H and O–H groups in total. The summed E-state index contributed by atoms with van der Waals surface area (Å²) in [5, 5.41) is 1.81. The number of thioether (sulfide) groups is 1. The van der Waals surface area contributed by atoms with Gasteiger partial charge in [-0.05, 0) is 42.5 Å². The molecule has 0 aliphatic carbocycles. The fourth-order valence-electron chi connectivity index (χ4n) is 1.45. The van der Waals surface area contributed by atoms with Gasteiger partial charge in [0.05, 0.1) is 10.8 Å². The number of ketones is 1. The van der Waals surface area contributed by atoms with Crippen LogP contribution in [-0.2, 0) is 0 Å². The van der Waals surface area contributed by atoms with Gasteiger partial charge in [-0.15, -0.1) is 11.8 Å². The zero-order valence-electron chi connectivity index (χ0n) is 9.70. The van der Waals surface area contributed by atoms with E-state index < -0.39 is 0 Å². The highest BCUT2D eigenvalue weighted by Gasteiger charge is 2.09. The maximum Gasteiger partial charge on any atom is 0.173 e. The summed E-state index contributed by atoms with van der Waals surface area (Å²) < 4.78 is 0. The standard InChI is InChI=1S/C14H9Cl3OS/c15-10-3-1-9(2-4-10)13(18)8-19-14-7-11(16)5-6-12(14)17/h1-7H,8H2. The largest absolute Gasteiger partial charge is 0.293 e. The smallest absolute Gasteiger partial charge is 0.173 e. The van der Waals surface area contributed by atoms with Gasteiger partial charge >= 0.3 is 0 Å². The Labute approximate surface area is 130 Å². The van der Waals surface area contributed by atoms with E-state index in [0.29, 0.717) is 26.4 Å². The van der Waals surface area contributed by atoms with Crippen LogP contribution in [0.15, 0.2) is 47.4 Å². The van der Waals surface area contributed by atoms with Crippen molar-refractivity contribution in [2.45, 2.75) is 4.90 Å². The van der Waals surface area contributed by atoms with Gasteiger partial charge < -0.3 is 0 Å². The molecule has 5 heteroatoms. The summed E-state index contributed by atoms with van der Waals surface area (Å²) in [4.78, 5) is 12.8. The quantitative estimate of drug-likeness (QED) is 0.534. The van der Waals surface area contributed by atoms with Crippen LogP contribution in [0.25, 0.3) is 0 Å². The van der Waals surface area contributed by atoms with Crippen LogP contribution in [0, 0.1) is 0 Å². The first-order chi connectivity index (χ1) is 9.06. The van der Waals surface area contributed by atoms with Crippen LogP contribution in [0.1, 0.15) is 10.4 Å². The lowest BCUT2D eigenvalue weighted by Crippen LogP contribution is -2.01. The predicted octanol–water partition coefficient (Wildman–Crippen LogP) is 5.62. The third kappa shape index (κ3) is 4.15. The lowest BCUT2D eigenvalue weighted by molar-refractivity contribution is 0.102. The Morgan fingerprint density at radius 2 is 1.58 bits per heavy atom. The number of hydrogen-bond acceptors (Lipinski definition) is 2. The SMILES string of the molecule is O=C(CSc1cc(Cl)ccc1Cl)c1ccc(Cl)cc1. The van der Waals surface area contributed by atoms with Gasteiger partial charge in [0.25, 0.3) is 0 Å². The number of benzene rings is 2. The lowest BCUT2D eigenvalue weighted by Gasteiger charge is -2.04. The van der Waals surface area contributed by atoms with Crippen LogP contribution < -0.4 is 0 Å². The first-order valence-corrected chi connectivity index (χ1v) is 7.55. The van der Waals surface area contributed by atoms with E-state index in [1.807, 2.05) is 0 Å². The topological polar surface area (TPSA) is 17.1 Å². The van der Waals surface area contributed by atoms with Gasteiger partial charge in [0.15, 0.2) is 5.78 Å². The second-order valence-electron chi connectivity index (χ2n) is 3.79. The summed E-state index contributed by atoms with van der Waals surface area (Å²) in [7, 11) is 0. The molecule has 0 radical (unpaired) electrons. The molecule has 2 aromatic rings. The molecule has 0 aliphatic rings. The van der Waals surface area contributed by atoms with Crippen molar-refractivity contribution in [1.29, 1.82) is 0 Å². The van der Waals surface area contributed by atoms with Crippen molar-refractivity contribution in [3.8, 4) is 0 Å². The van der Waals surface area contributed by atoms with Crippen molar-refractivity contribution >= 4 is 52.3 Å². The van der Waals surface area contributed by atoms with Crippen molar-refractivity contribution in [3.63, 3.8) is 0 Å². The Morgan fingerprint density at radius 3 is 2.26 bits per heavy atom. The molecule has 0 aromatic heterocycles. The van der Waals surface area contributed by atoms with Gasteiger partial charge in [-0.25, -0.2) is 0 Å². The predicted molar refractivity (Wildman–Crippen MR) is 83.0 cm³/mol. The first kappa shape index (κ1) is 14.7. The fourth-order valence-corrected chi connectivity index (χ4v) is 2.96. The molecule has 0 bridgehead atoms. The maximum absolute atomic E-state index is 12.0. The minimum absolute atomic E-state index is 0.0257. The molecule has 0 spiro atoms. The van der Waals surface area contributed by atoms with E-state index in [0.717, 1.165) is 4.90 Å². The summed E-state index contributed by atoms with van der Waals surface area (Å²) in [5.41, 5.74) is 0.634. The van der Waals surface area contributed by atoms with Crippen LogP contribution in [-0.4, -0.2) is 11.5 Å². The molecule has 0 aliphatic heterocycles. The monoisotopic (exact) mass is 330 g/mol. The Hall–Kier alpha value is -0.670. The zero-order chi connectivity index (χ0) is 13.8. The van der Waals surface area contributed by atoms with Crippen molar-refractivity contribution in [2.24, 2.45) is 0 Å². The average molecular weight is 332 g/mol. The minimum Gasteiger partial charge on any atom is -0.293 e. The third-order valence-electron chi connectivity index (χ3n) is 2.42. The maximum atomic E-state index is 12.0. The van der Waals surface area contributed by atoms with E-state index in [-0.39, 0.29) is 5.78 Å². The molecular formula is C14H9Cl3OS. The molecule has 0 unspecified atom stereocenters. The van der Waals surface area contributed by atoms with Crippen molar-refractivity contribution in [3.05, 3.63) is 63.1 Å². The van der Waals surface area contributed by atoms with E-state index >= 15 is 0 Å². The molecule has 0 saturated carbocycles. The van der Waals surface area contributed by atoms with Gasteiger partial charge in [-0.1, -0.05) is 34.8 Å². The van der Waals surface area contributed by atoms with E-state index in [2.05, 4.69) is 0 Å². The van der Waals surface area contributed by atoms with Gasteiger partial charge in [0.1, 0.15) is 0 Å². The first-order valence-electron chi connectivity index (χ1n) is 5.43. The Bertz CT molecular complexity index is 596. The third-order valence-corrected chi connectivity index (χ3v) is 4.40. The molecule has 0 amide bonds. The van der Waals surface area contributed by atoms with E-state index in [4.69, 9.17) is 34.8 Å². The zero-order valence-corrected chi connectivity index (χ0v) is 12.8. The highest BCUT2D eigenvalue weighted by Crippen LogP contribution is 2.30. The highest BCUT2D eigenvalue weighted by molar-refractivity contribution is 8.00. The van der Waals surface area contributed by atoms with Crippen LogP contribution in [0.2, 0.25) is 15.1 Å². The Balaban J connectivity index is 2.04. The molecule has 98 valence electrons. The Morgan fingerprint density at radius 1 is 0.947 bits per heavy atom. The van der Waals surface area contributed by atoms with Crippen molar-refractivity contribution in [2.75, 3.05) is 5.75 Å². The number of Topliss-reactive ketones (excluding diaryl/α,β-unsaturated/α-hetero) is 1. The second kappa shape index (κ2) is 6.67. The van der Waals surface area contributed by atoms with Gasteiger partial charge in [-0.3, -0.25) is 4.79 Å². The van der Waals surface area contributed by atoms with Crippen molar-refractivity contribution < 1.29 is 4.79 Å². The number of halogens is 3. The normalized spacial score (nSPS) is 10.5. The summed E-state index contributed by atoms with van der Waals surface area (Å²) in [6.45, 7) is 0. The molecule has 0 atom stereocenters. The number of rotatable bonds is 4. The van der Waals surface area contributed by atoms with Crippen LogP contribution in [0.3, 0.4) is 0 Å². The Kier molecular flexibility index (Phi) is 5.17. The summed E-state index contributed by atoms with van der Waals surface area (Å²) in [5.74, 6) is 0.333. The van der Waals surface area contributed by atoms with Crippen LogP contribution >= 0.6 is 46.6 Å². The molecule has 2 aromatic carbocycles. The van der Waals surface area contributed by atoms with E-state index in [9.17, 15) is 4.79 Å². The second-order valence-corrected chi connectivity index (χ2v) is 6.09. The highest BCUT2D eigenvalue weighted by atomic mass is 35.5. The van der Waals surface area contributed by atoms with Gasteiger partial charge in [0, 0.05) is 20.5 Å². The molecular weight excluding hydrogens is 323 g/mol. The van der Waals surface area contributed by atoms with Crippen molar-refractivity contribution in [1.82, 2.24) is 0 Å². The fraction of sp³-hybridized carbons (Fsp3) is 0.0714. The number of carbonyl (C=O) groups excluding carboxylic acids is 1. The van der Waals surface area contributed by atoms with Gasteiger partial charge in [0.2, 0.25) is 0 Å². The number of hydrogen-bond donors (Lipinski definition) is 0. The minimum atomic E-state index is 0.0257. The summed E-state index contributed by atoms with van der Waals surface area (Å²) in [6, 6.07) is 12.0. The van der Waals surface area contributed by atoms with E-state index in [1.165, 1.54) is 11.8 Å². The molecule has 1 nitrogen and oxygen atoms in total. The molecule has 0 saturated heterocycles. The number of carbonyl (C=O) groups is 1. The molecule has 0 heterocycles. The molecule has 2 rings (SSSR count).